The van der Waals surface area contributed by atoms with E-state index in [2.05, 4.69) is 16.8 Å². The highest BCUT2D eigenvalue weighted by atomic mass is 16.5. The van der Waals surface area contributed by atoms with Crippen molar-refractivity contribution in [2.45, 2.75) is 119 Å². The monoisotopic (exact) mass is 915 g/mol. The molecule has 1 saturated carbocycles. The molecule has 12 heteroatoms. The average Bonchev–Trinajstić information content (AvgIpc) is 4.10. The number of aromatic nitrogens is 2. The van der Waals surface area contributed by atoms with Gasteiger partial charge >= 0.3 is 0 Å². The number of aromatic amines is 1. The highest BCUT2D eigenvalue weighted by Crippen LogP contribution is 2.49. The lowest BCUT2D eigenvalue weighted by Crippen LogP contribution is -2.41. The summed E-state index contributed by atoms with van der Waals surface area (Å²) in [6.07, 6.45) is 11.5. The quantitative estimate of drug-likeness (QED) is 0.0652. The second kappa shape index (κ2) is 19.0. The number of aromatic hydroxyl groups is 2. The van der Waals surface area contributed by atoms with Gasteiger partial charge < -0.3 is 50.7 Å². The second-order valence-corrected chi connectivity index (χ2v) is 19.4. The number of aryl methyl sites for hydroxylation is 2. The molecule has 5 aromatic rings. The Bertz CT molecular complexity index is 2860. The first-order chi connectivity index (χ1) is 32.9. The number of carbonyl (C=O) groups is 2. The molecule has 3 aromatic carbocycles. The molecule has 2 aliphatic heterocycles. The average molecular weight is 916 g/mol. The Kier molecular flexibility index (Phi) is 12.7. The SMILES string of the molecule is O=C1CCc2cc(OC3CCCC3)c(O)c(c2)[C@H](O)c2ccc3c(c2)Cc2cc[nH]c2[N-][C@H](C#CC[C@@H](O)C3)C2=Cc3[n-]ccc3[C@H](C[C@]3(O)C=Cc4c(O)cccc4CC3)[C@@H]2C(=O)[C@@H]1CCO. The van der Waals surface area contributed by atoms with Crippen LogP contribution in [0.3, 0.4) is 0 Å². The van der Waals surface area contributed by atoms with E-state index in [-0.39, 0.29) is 79.6 Å². The summed E-state index contributed by atoms with van der Waals surface area (Å²) in [7, 11) is 0. The number of phenols is 2. The van der Waals surface area contributed by atoms with Gasteiger partial charge in [0.25, 0.3) is 0 Å². The number of aliphatic hydroxyl groups excluding tert-OH is 3. The Labute approximate surface area is 395 Å². The van der Waals surface area contributed by atoms with Crippen LogP contribution < -0.4 is 9.72 Å². The Morgan fingerprint density at radius 1 is 0.912 bits per heavy atom. The van der Waals surface area contributed by atoms with Gasteiger partial charge in [-0.05, 0) is 134 Å². The van der Waals surface area contributed by atoms with Crippen LogP contribution in [0.5, 0.6) is 17.2 Å². The Hall–Kier alpha value is -6.36. The second-order valence-electron chi connectivity index (χ2n) is 19.4. The number of Topliss-reactive ketones (excluding diaryl/α,β-unsaturated/α-hetero) is 2. The van der Waals surface area contributed by atoms with E-state index in [1.165, 1.54) is 0 Å². The first-order valence-electron chi connectivity index (χ1n) is 24.0. The lowest BCUT2D eigenvalue weighted by atomic mass is 9.65. The zero-order valence-electron chi connectivity index (χ0n) is 37.9. The number of aliphatic hydroxyl groups is 4. The van der Waals surface area contributed by atoms with Crippen LogP contribution in [0.1, 0.15) is 126 Å². The van der Waals surface area contributed by atoms with Crippen LogP contribution in [-0.4, -0.2) is 77.6 Å². The zero-order chi connectivity index (χ0) is 47.1. The molecule has 12 nitrogen and oxygen atoms in total. The normalized spacial score (nSPS) is 26.1. The number of phenolic OH excluding ortho intramolecular Hbond substituents is 2. The summed E-state index contributed by atoms with van der Waals surface area (Å²) in [6.45, 7) is -0.442. The van der Waals surface area contributed by atoms with Gasteiger partial charge in [0.15, 0.2) is 17.3 Å². The molecule has 352 valence electrons. The Balaban J connectivity index is 1.13. The van der Waals surface area contributed by atoms with Gasteiger partial charge in [-0.25, -0.2) is 0 Å². The summed E-state index contributed by atoms with van der Waals surface area (Å²) in [6, 6.07) is 17.1. The predicted molar refractivity (Wildman–Crippen MR) is 257 cm³/mol. The number of hydrogen-bond donors (Lipinski definition) is 7. The fraction of sp³-hybridized carbons (Fsp3) is 0.393. The molecule has 0 amide bonds. The Morgan fingerprint density at radius 2 is 1.76 bits per heavy atom. The van der Waals surface area contributed by atoms with Crippen molar-refractivity contribution in [2.24, 2.45) is 11.8 Å². The summed E-state index contributed by atoms with van der Waals surface area (Å²) in [5.74, 6) is 3.28. The molecule has 5 bridgehead atoms. The van der Waals surface area contributed by atoms with E-state index in [1.807, 2.05) is 36.4 Å². The molecule has 5 aliphatic rings. The molecular weight excluding hydrogens is 859 g/mol. The smallest absolute Gasteiger partial charge is 0.163 e. The third kappa shape index (κ3) is 9.04. The van der Waals surface area contributed by atoms with E-state index in [9.17, 15) is 35.4 Å². The van der Waals surface area contributed by atoms with Gasteiger partial charge in [-0.15, -0.1) is 11.6 Å². The van der Waals surface area contributed by atoms with E-state index >= 15 is 4.79 Å². The molecule has 2 aromatic heterocycles. The molecule has 0 spiro atoms. The number of nitrogens with one attached hydrogen (secondary N) is 1. The fourth-order valence-corrected chi connectivity index (χ4v) is 11.2. The first-order valence-corrected chi connectivity index (χ1v) is 24.0. The van der Waals surface area contributed by atoms with Crippen molar-refractivity contribution in [2.75, 3.05) is 6.61 Å². The third-order valence-corrected chi connectivity index (χ3v) is 14.9. The van der Waals surface area contributed by atoms with Crippen LogP contribution in [0, 0.1) is 23.7 Å². The molecule has 0 saturated heterocycles. The summed E-state index contributed by atoms with van der Waals surface area (Å²) < 4.78 is 6.40. The van der Waals surface area contributed by atoms with Crippen LogP contribution in [0.2, 0.25) is 0 Å². The Morgan fingerprint density at radius 3 is 2.60 bits per heavy atom. The number of ketones is 2. The molecular formula is C56H57N3O9-2. The number of H-pyrrole nitrogens is 1. The summed E-state index contributed by atoms with van der Waals surface area (Å²) in [5, 5.41) is 74.7. The molecule has 4 heterocycles. The number of fused-ring (bicyclic) bond motifs is 8. The molecule has 68 heavy (non-hydrogen) atoms. The summed E-state index contributed by atoms with van der Waals surface area (Å²) in [5.41, 5.74) is 5.71. The third-order valence-electron chi connectivity index (χ3n) is 14.9. The molecule has 7 atom stereocenters. The molecule has 3 aliphatic carbocycles. The van der Waals surface area contributed by atoms with Gasteiger partial charge in [-0.3, -0.25) is 9.59 Å². The van der Waals surface area contributed by atoms with E-state index in [0.717, 1.165) is 53.5 Å². The van der Waals surface area contributed by atoms with Crippen LogP contribution in [0.15, 0.2) is 84.7 Å². The highest BCUT2D eigenvalue weighted by molar-refractivity contribution is 6.05. The van der Waals surface area contributed by atoms with Crippen molar-refractivity contribution in [1.29, 1.82) is 0 Å². The van der Waals surface area contributed by atoms with E-state index in [4.69, 9.17) is 15.0 Å². The van der Waals surface area contributed by atoms with E-state index in [1.54, 1.807) is 54.9 Å². The highest BCUT2D eigenvalue weighted by Gasteiger charge is 2.45. The number of nitrogens with zero attached hydrogens (tertiary/aromatic N) is 2. The minimum Gasteiger partial charge on any atom is -0.664 e. The van der Waals surface area contributed by atoms with Gasteiger partial charge in [-0.2, -0.15) is 6.20 Å². The van der Waals surface area contributed by atoms with Gasteiger partial charge in [0.05, 0.1) is 23.7 Å². The largest absolute Gasteiger partial charge is 0.664 e. The maximum absolute atomic E-state index is 15.8. The maximum Gasteiger partial charge on any atom is 0.163 e. The minimum absolute atomic E-state index is 0.0544. The summed E-state index contributed by atoms with van der Waals surface area (Å²) >= 11 is 0. The number of ether oxygens (including phenoxy) is 1. The predicted octanol–water partition coefficient (Wildman–Crippen LogP) is 7.72. The van der Waals surface area contributed by atoms with Crippen molar-refractivity contribution < 1.29 is 45.0 Å². The van der Waals surface area contributed by atoms with Gasteiger partial charge in [0.2, 0.25) is 0 Å². The van der Waals surface area contributed by atoms with Crippen LogP contribution >= 0.6 is 0 Å². The standard InChI is InChI=1S/C56H57N3O9/c60-24-19-42-49(63)14-11-32-25-44(53(65)50(26-32)68-39-7-1-2-8-39)52(64)35-13-12-34-29-38(61)6-4-9-46(59-55-36(17-22-58-55)28-37(34)27-35)43-30-47-41(18-23-57-47)45(51(43)54(42)66)31-56(67)20-15-33-5-3-10-48(62)40(33)16-21-56/h3,5,10,12-13,16-18,21-23,25-27,30,38-39,42,45-46,51-52,58,60-62,64-65,67H,1-2,6-8,11,14-15,19-20,24,28-29,31H2/q-2/t38-,42-,45+,46-,51-,52-,56-/m1/s1. The minimum atomic E-state index is -1.47. The van der Waals surface area contributed by atoms with Crippen molar-refractivity contribution in [1.82, 2.24) is 9.97 Å². The number of rotatable bonds is 6. The van der Waals surface area contributed by atoms with Gasteiger partial charge in [0.1, 0.15) is 17.6 Å². The lowest BCUT2D eigenvalue weighted by Gasteiger charge is -2.42. The summed E-state index contributed by atoms with van der Waals surface area (Å²) in [4.78, 5) is 38.6. The number of carbonyl (C=O) groups excluding carboxylic acids is 2. The fourth-order valence-electron chi connectivity index (χ4n) is 11.2. The van der Waals surface area contributed by atoms with Crippen molar-refractivity contribution >= 4 is 29.5 Å². The molecule has 0 unspecified atom stereocenters. The molecule has 7 N–H and O–H groups in total. The first kappa shape index (κ1) is 45.4. The topological polar surface area (TPSA) is 209 Å². The molecule has 10 rings (SSSR count). The van der Waals surface area contributed by atoms with Gasteiger partial charge in [-0.1, -0.05) is 84.2 Å². The van der Waals surface area contributed by atoms with Crippen molar-refractivity contribution in [3.8, 4) is 29.1 Å². The molecule has 0 radical (unpaired) electrons. The number of hydrogen-bond acceptors (Lipinski definition) is 9. The number of benzene rings is 3. The van der Waals surface area contributed by atoms with Crippen LogP contribution in [0.25, 0.3) is 17.5 Å². The van der Waals surface area contributed by atoms with Crippen molar-refractivity contribution in [3.63, 3.8) is 0 Å². The van der Waals surface area contributed by atoms with Crippen LogP contribution in [-0.2, 0) is 35.3 Å². The zero-order valence-corrected chi connectivity index (χ0v) is 37.9. The molecule has 1 fully saturated rings. The van der Waals surface area contributed by atoms with E-state index in [0.29, 0.717) is 46.6 Å². The van der Waals surface area contributed by atoms with Crippen molar-refractivity contribution in [3.05, 3.63) is 146 Å². The van der Waals surface area contributed by atoms with Gasteiger partial charge in [0, 0.05) is 42.5 Å². The van der Waals surface area contributed by atoms with Crippen LogP contribution in [0.4, 0.5) is 5.82 Å². The maximum atomic E-state index is 15.8. The lowest BCUT2D eigenvalue weighted by molar-refractivity contribution is -0.135. The van der Waals surface area contributed by atoms with E-state index < -0.39 is 54.0 Å².